The van der Waals surface area contributed by atoms with Gasteiger partial charge < -0.3 is 5.11 Å². The number of rotatable bonds is 4. The molecule has 0 unspecified atom stereocenters. The van der Waals surface area contributed by atoms with Gasteiger partial charge in [0.15, 0.2) is 0 Å². The van der Waals surface area contributed by atoms with Gasteiger partial charge in [-0.1, -0.05) is 27.7 Å². The highest BCUT2D eigenvalue weighted by Gasteiger charge is 2.33. The Kier molecular flexibility index (Phi) is 4.79. The SMILES string of the molecule is CCC1(CO)CCN(Cc2cn(C)nc2C(C)(C)C)CC1. The second-order valence-electron chi connectivity index (χ2n) is 7.71. The molecule has 0 aliphatic carbocycles. The van der Waals surface area contributed by atoms with Gasteiger partial charge in [-0.05, 0) is 37.8 Å². The van der Waals surface area contributed by atoms with Crippen molar-refractivity contribution in [2.24, 2.45) is 12.5 Å². The van der Waals surface area contributed by atoms with Crippen LogP contribution in [0.2, 0.25) is 0 Å². The molecule has 21 heavy (non-hydrogen) atoms. The first-order valence-electron chi connectivity index (χ1n) is 8.16. The summed E-state index contributed by atoms with van der Waals surface area (Å²) in [6, 6.07) is 0. The predicted octanol–water partition coefficient (Wildman–Crippen LogP) is 2.70. The molecule has 0 spiro atoms. The molecule has 1 saturated heterocycles. The van der Waals surface area contributed by atoms with Crippen molar-refractivity contribution in [2.45, 2.75) is 58.9 Å². The van der Waals surface area contributed by atoms with Crippen LogP contribution in [0.5, 0.6) is 0 Å². The van der Waals surface area contributed by atoms with Gasteiger partial charge in [-0.15, -0.1) is 0 Å². The minimum Gasteiger partial charge on any atom is -0.396 e. The third-order valence-corrected chi connectivity index (χ3v) is 5.01. The minimum absolute atomic E-state index is 0.0880. The number of aryl methyl sites for hydroxylation is 1. The van der Waals surface area contributed by atoms with Crippen molar-refractivity contribution in [1.29, 1.82) is 0 Å². The molecule has 0 saturated carbocycles. The largest absolute Gasteiger partial charge is 0.396 e. The molecule has 0 amide bonds. The van der Waals surface area contributed by atoms with E-state index in [-0.39, 0.29) is 10.8 Å². The molecule has 120 valence electrons. The normalized spacial score (nSPS) is 19.9. The van der Waals surface area contributed by atoms with E-state index in [0.717, 1.165) is 38.9 Å². The van der Waals surface area contributed by atoms with Crippen LogP contribution >= 0.6 is 0 Å². The standard InChI is InChI=1S/C17H31N3O/c1-6-17(13-21)7-9-20(10-8-17)12-14-11-19(5)18-15(14)16(2,3)4/h11,21H,6-10,12-13H2,1-5H3. The van der Waals surface area contributed by atoms with Gasteiger partial charge in [-0.3, -0.25) is 9.58 Å². The molecule has 1 aromatic rings. The molecule has 0 radical (unpaired) electrons. The third kappa shape index (κ3) is 3.67. The van der Waals surface area contributed by atoms with Gasteiger partial charge in [0.1, 0.15) is 0 Å². The van der Waals surface area contributed by atoms with E-state index in [1.54, 1.807) is 0 Å². The van der Waals surface area contributed by atoms with Crippen LogP contribution < -0.4 is 0 Å². The van der Waals surface area contributed by atoms with Crippen molar-refractivity contribution >= 4 is 0 Å². The zero-order valence-corrected chi connectivity index (χ0v) is 14.3. The maximum atomic E-state index is 9.64. The first-order valence-corrected chi connectivity index (χ1v) is 8.16. The summed E-state index contributed by atoms with van der Waals surface area (Å²) in [5.74, 6) is 0. The number of aliphatic hydroxyl groups excluding tert-OH is 1. The fourth-order valence-electron chi connectivity index (χ4n) is 3.33. The second kappa shape index (κ2) is 6.09. The van der Waals surface area contributed by atoms with Gasteiger partial charge in [0.2, 0.25) is 0 Å². The van der Waals surface area contributed by atoms with E-state index in [1.807, 2.05) is 11.7 Å². The van der Waals surface area contributed by atoms with E-state index in [9.17, 15) is 5.11 Å². The van der Waals surface area contributed by atoms with Crippen LogP contribution in [-0.4, -0.2) is 39.5 Å². The Hall–Kier alpha value is -0.870. The maximum absolute atomic E-state index is 9.64. The van der Waals surface area contributed by atoms with E-state index < -0.39 is 0 Å². The van der Waals surface area contributed by atoms with Crippen molar-refractivity contribution in [2.75, 3.05) is 19.7 Å². The summed E-state index contributed by atoms with van der Waals surface area (Å²) >= 11 is 0. The van der Waals surface area contributed by atoms with Crippen LogP contribution in [0.25, 0.3) is 0 Å². The summed E-state index contributed by atoms with van der Waals surface area (Å²) in [7, 11) is 2.00. The van der Waals surface area contributed by atoms with Gasteiger partial charge in [0.25, 0.3) is 0 Å². The Balaban J connectivity index is 2.04. The summed E-state index contributed by atoms with van der Waals surface area (Å²) in [6.45, 7) is 12.3. The predicted molar refractivity (Wildman–Crippen MR) is 86.2 cm³/mol. The van der Waals surface area contributed by atoms with Crippen molar-refractivity contribution in [3.8, 4) is 0 Å². The fraction of sp³-hybridized carbons (Fsp3) is 0.824. The van der Waals surface area contributed by atoms with Crippen LogP contribution in [0.3, 0.4) is 0 Å². The quantitative estimate of drug-likeness (QED) is 0.928. The summed E-state index contributed by atoms with van der Waals surface area (Å²) in [4.78, 5) is 2.51. The van der Waals surface area contributed by atoms with E-state index in [2.05, 4.69) is 43.9 Å². The highest BCUT2D eigenvalue weighted by Crippen LogP contribution is 2.35. The van der Waals surface area contributed by atoms with Crippen LogP contribution in [0.15, 0.2) is 6.20 Å². The summed E-state index contributed by atoms with van der Waals surface area (Å²) in [5.41, 5.74) is 2.81. The van der Waals surface area contributed by atoms with Gasteiger partial charge >= 0.3 is 0 Å². The Morgan fingerprint density at radius 3 is 2.38 bits per heavy atom. The Bertz CT molecular complexity index is 459. The Labute approximate surface area is 129 Å². The maximum Gasteiger partial charge on any atom is 0.0722 e. The van der Waals surface area contributed by atoms with Crippen molar-refractivity contribution in [1.82, 2.24) is 14.7 Å². The monoisotopic (exact) mass is 293 g/mol. The second-order valence-corrected chi connectivity index (χ2v) is 7.71. The summed E-state index contributed by atoms with van der Waals surface area (Å²) < 4.78 is 1.93. The summed E-state index contributed by atoms with van der Waals surface area (Å²) in [6.07, 6.45) is 5.45. The number of nitrogens with zero attached hydrogens (tertiary/aromatic N) is 3. The number of hydrogen-bond acceptors (Lipinski definition) is 3. The smallest absolute Gasteiger partial charge is 0.0722 e. The molecule has 1 fully saturated rings. The molecule has 0 atom stereocenters. The van der Waals surface area contributed by atoms with Gasteiger partial charge in [0, 0.05) is 37.4 Å². The summed E-state index contributed by atoms with van der Waals surface area (Å²) in [5, 5.41) is 14.3. The molecule has 0 aromatic carbocycles. The highest BCUT2D eigenvalue weighted by atomic mass is 16.3. The molecule has 1 aliphatic rings. The molecule has 2 heterocycles. The number of likely N-dealkylation sites (tertiary alicyclic amines) is 1. The average Bonchev–Trinajstić information content (AvgIpc) is 2.81. The van der Waals surface area contributed by atoms with Crippen LogP contribution in [-0.2, 0) is 19.0 Å². The van der Waals surface area contributed by atoms with E-state index in [4.69, 9.17) is 0 Å². The molecule has 4 heteroatoms. The number of piperidine rings is 1. The molecule has 1 aliphatic heterocycles. The molecule has 1 aromatic heterocycles. The lowest BCUT2D eigenvalue weighted by atomic mass is 9.77. The van der Waals surface area contributed by atoms with Crippen molar-refractivity contribution < 1.29 is 5.11 Å². The lowest BCUT2D eigenvalue weighted by Gasteiger charge is -2.40. The Morgan fingerprint density at radius 2 is 1.90 bits per heavy atom. The van der Waals surface area contributed by atoms with Crippen LogP contribution in [0.4, 0.5) is 0 Å². The van der Waals surface area contributed by atoms with Crippen LogP contribution in [0.1, 0.15) is 58.2 Å². The fourth-order valence-corrected chi connectivity index (χ4v) is 3.33. The number of hydrogen-bond donors (Lipinski definition) is 1. The third-order valence-electron chi connectivity index (χ3n) is 5.01. The number of aromatic nitrogens is 2. The first-order chi connectivity index (χ1) is 9.79. The Morgan fingerprint density at radius 1 is 1.29 bits per heavy atom. The molecule has 1 N–H and O–H groups in total. The average molecular weight is 293 g/mol. The first kappa shape index (κ1) is 16.5. The number of aliphatic hydroxyl groups is 1. The van der Waals surface area contributed by atoms with Crippen molar-refractivity contribution in [3.05, 3.63) is 17.5 Å². The van der Waals surface area contributed by atoms with Gasteiger partial charge in [-0.25, -0.2) is 0 Å². The van der Waals surface area contributed by atoms with E-state index in [1.165, 1.54) is 11.3 Å². The molecule has 0 bridgehead atoms. The highest BCUT2D eigenvalue weighted by molar-refractivity contribution is 5.24. The topological polar surface area (TPSA) is 41.3 Å². The van der Waals surface area contributed by atoms with Gasteiger partial charge in [0.05, 0.1) is 5.69 Å². The van der Waals surface area contributed by atoms with Crippen molar-refractivity contribution in [3.63, 3.8) is 0 Å². The molecular formula is C17H31N3O. The van der Waals surface area contributed by atoms with Gasteiger partial charge in [-0.2, -0.15) is 5.10 Å². The molecule has 4 nitrogen and oxygen atoms in total. The molecular weight excluding hydrogens is 262 g/mol. The zero-order chi connectivity index (χ0) is 15.7. The van der Waals surface area contributed by atoms with E-state index in [0.29, 0.717) is 6.61 Å². The zero-order valence-electron chi connectivity index (χ0n) is 14.3. The minimum atomic E-state index is 0.0880. The lowest BCUT2D eigenvalue weighted by Crippen LogP contribution is -2.41. The molecule has 2 rings (SSSR count). The lowest BCUT2D eigenvalue weighted by molar-refractivity contribution is 0.0381. The van der Waals surface area contributed by atoms with Crippen LogP contribution in [0, 0.1) is 5.41 Å². The van der Waals surface area contributed by atoms with E-state index >= 15 is 0 Å².